The van der Waals surface area contributed by atoms with E-state index in [1.807, 2.05) is 52.0 Å². The standard InChI is InChI=1S/C18H29N3O2/c1-12(2)18(5,11-19)21-17(23)10-16(20-14(4)22)15-8-6-13(3)7-9-15/h6-9,12,16H,10-11,19H2,1-5H3,(H,20,22)(H,21,23). The van der Waals surface area contributed by atoms with Crippen LogP contribution in [0.25, 0.3) is 0 Å². The van der Waals surface area contributed by atoms with Crippen LogP contribution in [0.5, 0.6) is 0 Å². The van der Waals surface area contributed by atoms with Crippen LogP contribution in [0, 0.1) is 12.8 Å². The molecule has 0 fully saturated rings. The first-order chi connectivity index (χ1) is 10.7. The van der Waals surface area contributed by atoms with E-state index >= 15 is 0 Å². The van der Waals surface area contributed by atoms with Crippen LogP contribution in [0.1, 0.15) is 51.3 Å². The van der Waals surface area contributed by atoms with E-state index in [9.17, 15) is 9.59 Å². The largest absolute Gasteiger partial charge is 0.349 e. The summed E-state index contributed by atoms with van der Waals surface area (Å²) in [5.41, 5.74) is 7.41. The van der Waals surface area contributed by atoms with Crippen molar-refractivity contribution < 1.29 is 9.59 Å². The molecular weight excluding hydrogens is 290 g/mol. The summed E-state index contributed by atoms with van der Waals surface area (Å²) >= 11 is 0. The number of hydrogen-bond acceptors (Lipinski definition) is 3. The minimum atomic E-state index is -0.453. The van der Waals surface area contributed by atoms with Crippen LogP contribution in [0.3, 0.4) is 0 Å². The Morgan fingerprint density at radius 3 is 2.22 bits per heavy atom. The molecule has 128 valence electrons. The average molecular weight is 319 g/mol. The SMILES string of the molecule is CC(=O)NC(CC(=O)NC(C)(CN)C(C)C)c1ccc(C)cc1. The fraction of sp³-hybridized carbons (Fsp3) is 0.556. The number of carbonyl (C=O) groups excluding carboxylic acids is 2. The Labute approximate surface area is 139 Å². The predicted octanol–water partition coefficient (Wildman–Crippen LogP) is 2.05. The number of rotatable bonds is 7. The van der Waals surface area contributed by atoms with Gasteiger partial charge in [-0.15, -0.1) is 0 Å². The molecule has 1 rings (SSSR count). The van der Waals surface area contributed by atoms with Gasteiger partial charge in [0, 0.05) is 13.5 Å². The monoisotopic (exact) mass is 319 g/mol. The lowest BCUT2D eigenvalue weighted by Gasteiger charge is -2.34. The number of benzene rings is 1. The second kappa shape index (κ2) is 8.11. The Balaban J connectivity index is 2.87. The lowest BCUT2D eigenvalue weighted by atomic mass is 9.88. The van der Waals surface area contributed by atoms with Crippen LogP contribution in [0.15, 0.2) is 24.3 Å². The first kappa shape index (κ1) is 19.2. The molecule has 2 atom stereocenters. The number of aryl methyl sites for hydroxylation is 1. The molecule has 0 saturated carbocycles. The first-order valence-electron chi connectivity index (χ1n) is 8.02. The van der Waals surface area contributed by atoms with E-state index in [2.05, 4.69) is 10.6 Å². The molecule has 2 amide bonds. The van der Waals surface area contributed by atoms with Gasteiger partial charge in [0.05, 0.1) is 18.0 Å². The van der Waals surface area contributed by atoms with Crippen LogP contribution in [-0.4, -0.2) is 23.9 Å². The minimum Gasteiger partial charge on any atom is -0.349 e. The molecule has 4 N–H and O–H groups in total. The Morgan fingerprint density at radius 2 is 1.78 bits per heavy atom. The van der Waals surface area contributed by atoms with Gasteiger partial charge in [-0.1, -0.05) is 43.7 Å². The van der Waals surface area contributed by atoms with Crippen LogP contribution >= 0.6 is 0 Å². The number of nitrogens with two attached hydrogens (primary N) is 1. The maximum absolute atomic E-state index is 12.4. The topological polar surface area (TPSA) is 84.2 Å². The van der Waals surface area contributed by atoms with Gasteiger partial charge in [0.25, 0.3) is 0 Å². The van der Waals surface area contributed by atoms with Crippen molar-refractivity contribution in [3.63, 3.8) is 0 Å². The highest BCUT2D eigenvalue weighted by atomic mass is 16.2. The maximum Gasteiger partial charge on any atom is 0.222 e. The number of amides is 2. The van der Waals surface area contributed by atoms with E-state index in [0.29, 0.717) is 6.54 Å². The molecule has 5 nitrogen and oxygen atoms in total. The summed E-state index contributed by atoms with van der Waals surface area (Å²) in [6.07, 6.45) is 0.185. The summed E-state index contributed by atoms with van der Waals surface area (Å²) in [6, 6.07) is 7.48. The molecule has 0 spiro atoms. The molecule has 5 heteroatoms. The van der Waals surface area contributed by atoms with Crippen LogP contribution in [0.2, 0.25) is 0 Å². The van der Waals surface area contributed by atoms with Gasteiger partial charge >= 0.3 is 0 Å². The van der Waals surface area contributed by atoms with Crippen molar-refractivity contribution >= 4 is 11.8 Å². The highest BCUT2D eigenvalue weighted by molar-refractivity contribution is 5.79. The molecule has 23 heavy (non-hydrogen) atoms. The molecule has 0 aromatic heterocycles. The lowest BCUT2D eigenvalue weighted by Crippen LogP contribution is -2.55. The fourth-order valence-electron chi connectivity index (χ4n) is 2.28. The summed E-state index contributed by atoms with van der Waals surface area (Å²) in [6.45, 7) is 9.81. The van der Waals surface area contributed by atoms with E-state index in [-0.39, 0.29) is 30.2 Å². The van der Waals surface area contributed by atoms with Crippen molar-refractivity contribution in [2.24, 2.45) is 11.7 Å². The normalized spacial score (nSPS) is 14.9. The van der Waals surface area contributed by atoms with E-state index in [4.69, 9.17) is 5.73 Å². The van der Waals surface area contributed by atoms with Crippen molar-refractivity contribution in [3.8, 4) is 0 Å². The van der Waals surface area contributed by atoms with E-state index in [1.54, 1.807) is 0 Å². The van der Waals surface area contributed by atoms with Crippen molar-refractivity contribution in [1.29, 1.82) is 0 Å². The Morgan fingerprint density at radius 1 is 1.22 bits per heavy atom. The zero-order valence-corrected chi connectivity index (χ0v) is 14.8. The Hall–Kier alpha value is -1.88. The van der Waals surface area contributed by atoms with Gasteiger partial charge in [0.1, 0.15) is 0 Å². The molecule has 0 aliphatic heterocycles. The van der Waals surface area contributed by atoms with Gasteiger partial charge in [-0.05, 0) is 25.3 Å². The third-order valence-corrected chi connectivity index (χ3v) is 4.37. The quantitative estimate of drug-likeness (QED) is 0.719. The van der Waals surface area contributed by atoms with Gasteiger partial charge < -0.3 is 16.4 Å². The summed E-state index contributed by atoms with van der Waals surface area (Å²) < 4.78 is 0. The smallest absolute Gasteiger partial charge is 0.222 e. The Bertz CT molecular complexity index is 540. The van der Waals surface area contributed by atoms with Crippen molar-refractivity contribution in [2.45, 2.75) is 52.6 Å². The highest BCUT2D eigenvalue weighted by Crippen LogP contribution is 2.20. The van der Waals surface area contributed by atoms with E-state index in [1.165, 1.54) is 6.92 Å². The minimum absolute atomic E-state index is 0.119. The highest BCUT2D eigenvalue weighted by Gasteiger charge is 2.29. The van der Waals surface area contributed by atoms with Crippen molar-refractivity contribution in [3.05, 3.63) is 35.4 Å². The molecule has 0 radical (unpaired) electrons. The zero-order chi connectivity index (χ0) is 17.6. The molecule has 0 aliphatic rings. The van der Waals surface area contributed by atoms with Gasteiger partial charge in [-0.25, -0.2) is 0 Å². The molecule has 0 aliphatic carbocycles. The maximum atomic E-state index is 12.4. The molecule has 0 bridgehead atoms. The molecule has 0 saturated heterocycles. The number of carbonyl (C=O) groups is 2. The van der Waals surface area contributed by atoms with Gasteiger partial charge in [-0.3, -0.25) is 9.59 Å². The fourth-order valence-corrected chi connectivity index (χ4v) is 2.28. The van der Waals surface area contributed by atoms with Crippen molar-refractivity contribution in [2.75, 3.05) is 6.54 Å². The molecule has 1 aromatic rings. The number of hydrogen-bond donors (Lipinski definition) is 3. The second-order valence-electron chi connectivity index (χ2n) is 6.69. The lowest BCUT2D eigenvalue weighted by molar-refractivity contribution is -0.124. The van der Waals surface area contributed by atoms with Gasteiger partial charge in [0.2, 0.25) is 11.8 Å². The molecule has 1 aromatic carbocycles. The molecule has 0 heterocycles. The molecule has 2 unspecified atom stereocenters. The summed E-state index contributed by atoms with van der Waals surface area (Å²) in [4.78, 5) is 23.9. The summed E-state index contributed by atoms with van der Waals surface area (Å²) in [5, 5.41) is 5.86. The van der Waals surface area contributed by atoms with Crippen LogP contribution in [0.4, 0.5) is 0 Å². The average Bonchev–Trinajstić information content (AvgIpc) is 2.46. The van der Waals surface area contributed by atoms with Gasteiger partial charge in [0.15, 0.2) is 0 Å². The number of nitrogens with one attached hydrogen (secondary N) is 2. The predicted molar refractivity (Wildman–Crippen MR) is 92.8 cm³/mol. The van der Waals surface area contributed by atoms with Gasteiger partial charge in [-0.2, -0.15) is 0 Å². The second-order valence-corrected chi connectivity index (χ2v) is 6.69. The Kier molecular flexibility index (Phi) is 6.76. The summed E-state index contributed by atoms with van der Waals surface area (Å²) in [7, 11) is 0. The van der Waals surface area contributed by atoms with E-state index < -0.39 is 5.54 Å². The zero-order valence-electron chi connectivity index (χ0n) is 14.8. The van der Waals surface area contributed by atoms with Crippen LogP contribution < -0.4 is 16.4 Å². The molecular formula is C18H29N3O2. The third kappa shape index (κ3) is 5.67. The summed E-state index contributed by atoms with van der Waals surface area (Å²) in [5.74, 6) is -0.0603. The third-order valence-electron chi connectivity index (χ3n) is 4.37. The van der Waals surface area contributed by atoms with Crippen molar-refractivity contribution in [1.82, 2.24) is 10.6 Å². The first-order valence-corrected chi connectivity index (χ1v) is 8.02. The van der Waals surface area contributed by atoms with Crippen LogP contribution in [-0.2, 0) is 9.59 Å². The van der Waals surface area contributed by atoms with E-state index in [0.717, 1.165) is 11.1 Å².